The summed E-state index contributed by atoms with van der Waals surface area (Å²) in [4.78, 5) is 0. The Morgan fingerprint density at radius 2 is 1.70 bits per heavy atom. The van der Waals surface area contributed by atoms with Crippen LogP contribution in [0.2, 0.25) is 0 Å². The fourth-order valence-corrected chi connectivity index (χ4v) is 1.67. The van der Waals surface area contributed by atoms with E-state index < -0.39 is 0 Å². The van der Waals surface area contributed by atoms with Crippen LogP contribution in [0.15, 0.2) is 0 Å². The monoisotopic (exact) mass is 142 g/mol. The van der Waals surface area contributed by atoms with Crippen molar-refractivity contribution in [3.8, 4) is 0 Å². The van der Waals surface area contributed by atoms with Crippen LogP contribution in [0.4, 0.5) is 0 Å². The van der Waals surface area contributed by atoms with Crippen molar-refractivity contribution in [2.75, 3.05) is 20.6 Å². The molecule has 0 aromatic rings. The Hall–Kier alpha value is -0.0400. The van der Waals surface area contributed by atoms with E-state index in [4.69, 9.17) is 0 Å². The van der Waals surface area contributed by atoms with Crippen LogP contribution in [-0.4, -0.2) is 30.7 Å². The van der Waals surface area contributed by atoms with Gasteiger partial charge in [0.1, 0.15) is 0 Å². The summed E-state index contributed by atoms with van der Waals surface area (Å²) < 4.78 is 1.20. The van der Waals surface area contributed by atoms with Crippen LogP contribution in [0.1, 0.15) is 33.1 Å². The minimum Gasteiger partial charge on any atom is -0.324 e. The molecule has 1 fully saturated rings. The van der Waals surface area contributed by atoms with Gasteiger partial charge >= 0.3 is 0 Å². The van der Waals surface area contributed by atoms with Gasteiger partial charge in [0.05, 0.1) is 26.2 Å². The summed E-state index contributed by atoms with van der Waals surface area (Å²) in [5.74, 6) is 0. The molecule has 0 atom stereocenters. The lowest BCUT2D eigenvalue weighted by molar-refractivity contribution is -0.943. The summed E-state index contributed by atoms with van der Waals surface area (Å²) in [6.07, 6.45) is 4.23. The summed E-state index contributed by atoms with van der Waals surface area (Å²) >= 11 is 0. The maximum atomic E-state index is 2.38. The molecule has 1 heteroatoms. The average molecular weight is 142 g/mol. The largest absolute Gasteiger partial charge is 0.324 e. The number of hydrogen-bond acceptors (Lipinski definition) is 0. The smallest absolute Gasteiger partial charge is 0.0931 e. The third-order valence-electron chi connectivity index (χ3n) is 3.39. The number of rotatable bonds is 0. The third-order valence-corrected chi connectivity index (χ3v) is 3.39. The normalized spacial score (nSPS) is 30.0. The van der Waals surface area contributed by atoms with E-state index in [0.717, 1.165) is 0 Å². The van der Waals surface area contributed by atoms with E-state index in [9.17, 15) is 0 Å². The quantitative estimate of drug-likeness (QED) is 0.454. The molecule has 1 aliphatic heterocycles. The molecular weight excluding hydrogens is 122 g/mol. The van der Waals surface area contributed by atoms with Crippen LogP contribution in [0.5, 0.6) is 0 Å². The molecule has 60 valence electrons. The van der Waals surface area contributed by atoms with Gasteiger partial charge in [0.2, 0.25) is 0 Å². The Morgan fingerprint density at radius 1 is 1.10 bits per heavy atom. The maximum absolute atomic E-state index is 2.38. The molecule has 1 rings (SSSR count). The topological polar surface area (TPSA) is 0 Å². The number of likely N-dealkylation sites (tertiary alicyclic amines) is 1. The molecule has 1 heterocycles. The molecule has 1 saturated heterocycles. The zero-order valence-electron chi connectivity index (χ0n) is 7.78. The van der Waals surface area contributed by atoms with Gasteiger partial charge in [0.25, 0.3) is 0 Å². The minimum absolute atomic E-state index is 0.512. The van der Waals surface area contributed by atoms with E-state index in [2.05, 4.69) is 27.9 Å². The van der Waals surface area contributed by atoms with Crippen molar-refractivity contribution in [2.45, 2.75) is 38.6 Å². The lowest BCUT2D eigenvalue weighted by Gasteiger charge is -2.48. The standard InChI is InChI=1S/C9H20N/c1-9(2)7-5-6-8-10(9,3)4/h5-8H2,1-4H3/q+1. The summed E-state index contributed by atoms with van der Waals surface area (Å²) in [6.45, 7) is 6.12. The van der Waals surface area contributed by atoms with E-state index in [-0.39, 0.29) is 0 Å². The average Bonchev–Trinajstić information content (AvgIpc) is 1.77. The van der Waals surface area contributed by atoms with Crippen molar-refractivity contribution < 1.29 is 4.48 Å². The zero-order chi connectivity index (χ0) is 7.83. The van der Waals surface area contributed by atoms with Crippen LogP contribution >= 0.6 is 0 Å². The Balaban J connectivity index is 2.70. The molecule has 10 heavy (non-hydrogen) atoms. The van der Waals surface area contributed by atoms with E-state index >= 15 is 0 Å². The highest BCUT2D eigenvalue weighted by Crippen LogP contribution is 2.30. The van der Waals surface area contributed by atoms with Crippen molar-refractivity contribution in [3.05, 3.63) is 0 Å². The number of piperidine rings is 1. The first-order valence-corrected chi connectivity index (χ1v) is 4.29. The predicted molar refractivity (Wildman–Crippen MR) is 44.9 cm³/mol. The van der Waals surface area contributed by atoms with E-state index in [1.165, 1.54) is 30.3 Å². The van der Waals surface area contributed by atoms with Crippen molar-refractivity contribution in [2.24, 2.45) is 0 Å². The highest BCUT2D eigenvalue weighted by molar-refractivity contribution is 4.72. The molecule has 0 N–H and O–H groups in total. The second-order valence-electron chi connectivity index (χ2n) is 4.68. The number of hydrogen-bond donors (Lipinski definition) is 0. The molecule has 0 aromatic heterocycles. The van der Waals surface area contributed by atoms with Crippen molar-refractivity contribution in [3.63, 3.8) is 0 Å². The van der Waals surface area contributed by atoms with Crippen molar-refractivity contribution in [1.29, 1.82) is 0 Å². The van der Waals surface area contributed by atoms with Crippen LogP contribution in [0.25, 0.3) is 0 Å². The molecule has 0 spiro atoms. The lowest BCUT2D eigenvalue weighted by Crippen LogP contribution is -2.58. The zero-order valence-corrected chi connectivity index (χ0v) is 7.78. The van der Waals surface area contributed by atoms with Crippen LogP contribution in [-0.2, 0) is 0 Å². The van der Waals surface area contributed by atoms with Gasteiger partial charge in [-0.1, -0.05) is 0 Å². The van der Waals surface area contributed by atoms with Crippen molar-refractivity contribution in [1.82, 2.24) is 0 Å². The van der Waals surface area contributed by atoms with Crippen LogP contribution < -0.4 is 0 Å². The molecule has 1 nitrogen and oxygen atoms in total. The van der Waals surface area contributed by atoms with E-state index in [1.807, 2.05) is 0 Å². The summed E-state index contributed by atoms with van der Waals surface area (Å²) in [7, 11) is 4.69. The fourth-order valence-electron chi connectivity index (χ4n) is 1.67. The summed E-state index contributed by atoms with van der Waals surface area (Å²) in [6, 6.07) is 0. The maximum Gasteiger partial charge on any atom is 0.0931 e. The van der Waals surface area contributed by atoms with Gasteiger partial charge in [-0.05, 0) is 26.7 Å². The van der Waals surface area contributed by atoms with Gasteiger partial charge in [-0.2, -0.15) is 0 Å². The van der Waals surface area contributed by atoms with Gasteiger partial charge in [-0.25, -0.2) is 0 Å². The molecule has 0 aliphatic carbocycles. The molecule has 0 unspecified atom stereocenters. The molecule has 0 radical (unpaired) electrons. The first-order valence-electron chi connectivity index (χ1n) is 4.29. The first-order chi connectivity index (χ1) is 4.46. The fraction of sp³-hybridized carbons (Fsp3) is 1.00. The SMILES string of the molecule is CC1(C)CCCC[N+]1(C)C. The first kappa shape index (κ1) is 8.06. The lowest BCUT2D eigenvalue weighted by atomic mass is 9.89. The van der Waals surface area contributed by atoms with E-state index in [1.54, 1.807) is 0 Å². The molecular formula is C9H20N+. The van der Waals surface area contributed by atoms with Gasteiger partial charge in [0, 0.05) is 6.42 Å². The van der Waals surface area contributed by atoms with Gasteiger partial charge in [-0.15, -0.1) is 0 Å². The second kappa shape index (κ2) is 2.23. The Morgan fingerprint density at radius 3 is 2.00 bits per heavy atom. The van der Waals surface area contributed by atoms with E-state index in [0.29, 0.717) is 5.54 Å². The minimum atomic E-state index is 0.512. The Kier molecular flexibility index (Phi) is 1.80. The van der Waals surface area contributed by atoms with Gasteiger partial charge in [0.15, 0.2) is 0 Å². The third kappa shape index (κ3) is 1.20. The molecule has 0 saturated carbocycles. The summed E-state index contributed by atoms with van der Waals surface area (Å²) in [5, 5.41) is 0. The Labute approximate surface area is 64.6 Å². The highest BCUT2D eigenvalue weighted by Gasteiger charge is 2.38. The van der Waals surface area contributed by atoms with Gasteiger partial charge in [-0.3, -0.25) is 0 Å². The molecule has 1 aliphatic rings. The second-order valence-corrected chi connectivity index (χ2v) is 4.68. The number of quaternary nitrogens is 1. The number of nitrogens with zero attached hydrogens (tertiary/aromatic N) is 1. The van der Waals surface area contributed by atoms with Gasteiger partial charge < -0.3 is 4.48 Å². The summed E-state index contributed by atoms with van der Waals surface area (Å²) in [5.41, 5.74) is 0.512. The van der Waals surface area contributed by atoms with Crippen LogP contribution in [0.3, 0.4) is 0 Å². The highest BCUT2D eigenvalue weighted by atomic mass is 15.4. The molecule has 0 bridgehead atoms. The molecule has 0 amide bonds. The Bertz CT molecular complexity index is 109. The predicted octanol–water partition coefficient (Wildman–Crippen LogP) is 2.03. The van der Waals surface area contributed by atoms with Crippen LogP contribution in [0, 0.1) is 0 Å². The molecule has 0 aromatic carbocycles. The van der Waals surface area contributed by atoms with Crippen molar-refractivity contribution >= 4 is 0 Å².